The minimum atomic E-state index is -0.217. The third-order valence-electron chi connectivity index (χ3n) is 8.19. The molecule has 3 aliphatic rings. The van der Waals surface area contributed by atoms with Gasteiger partial charge in [0, 0.05) is 41.2 Å². The quantitative estimate of drug-likeness (QED) is 0.318. The molecule has 0 saturated carbocycles. The SMILES string of the molecule is CCN1CCCc2cc(C=CC3=CC(=C4C(=O)c5ccccc5C4c4ccccc4)C=C(C(C)(C)C)O3)ccc21. The summed E-state index contributed by atoms with van der Waals surface area (Å²) in [4.78, 5) is 16.4. The van der Waals surface area contributed by atoms with Gasteiger partial charge in [0.1, 0.15) is 11.5 Å². The second kappa shape index (κ2) is 10.5. The van der Waals surface area contributed by atoms with Crippen LogP contribution in [0.1, 0.15) is 72.6 Å². The molecule has 0 N–H and O–H groups in total. The molecule has 0 saturated heterocycles. The molecule has 2 heterocycles. The lowest BCUT2D eigenvalue weighted by Gasteiger charge is -2.30. The molecule has 3 aromatic carbocycles. The topological polar surface area (TPSA) is 29.5 Å². The highest BCUT2D eigenvalue weighted by Gasteiger charge is 2.38. The Labute approximate surface area is 238 Å². The number of rotatable bonds is 4. The zero-order chi connectivity index (χ0) is 27.9. The summed E-state index contributed by atoms with van der Waals surface area (Å²) in [6, 6.07) is 25.1. The van der Waals surface area contributed by atoms with Crippen LogP contribution < -0.4 is 4.90 Å². The minimum Gasteiger partial charge on any atom is -0.461 e. The Morgan fingerprint density at radius 1 is 0.950 bits per heavy atom. The summed E-state index contributed by atoms with van der Waals surface area (Å²) in [5.41, 5.74) is 8.44. The third kappa shape index (κ3) is 4.86. The molecule has 0 fully saturated rings. The van der Waals surface area contributed by atoms with E-state index in [1.54, 1.807) is 0 Å². The Hall–Kier alpha value is -4.11. The summed E-state index contributed by atoms with van der Waals surface area (Å²) in [6.45, 7) is 10.8. The molecule has 0 amide bonds. The molecule has 0 aromatic heterocycles. The van der Waals surface area contributed by atoms with Crippen LogP contribution in [0.25, 0.3) is 6.08 Å². The molecule has 3 aromatic rings. The molecular weight excluding hydrogens is 490 g/mol. The van der Waals surface area contributed by atoms with Crippen molar-refractivity contribution in [1.82, 2.24) is 0 Å². The molecule has 6 rings (SSSR count). The van der Waals surface area contributed by atoms with Crippen molar-refractivity contribution < 1.29 is 9.53 Å². The minimum absolute atomic E-state index is 0.0978. The van der Waals surface area contributed by atoms with Crippen LogP contribution in [-0.4, -0.2) is 18.9 Å². The Morgan fingerprint density at radius 3 is 2.50 bits per heavy atom. The summed E-state index contributed by atoms with van der Waals surface area (Å²) in [6.07, 6.45) is 10.6. The van der Waals surface area contributed by atoms with Crippen molar-refractivity contribution >= 4 is 17.5 Å². The van der Waals surface area contributed by atoms with E-state index in [1.807, 2.05) is 48.6 Å². The van der Waals surface area contributed by atoms with Gasteiger partial charge in [-0.1, -0.05) is 87.5 Å². The van der Waals surface area contributed by atoms with Gasteiger partial charge in [0.15, 0.2) is 5.78 Å². The molecule has 0 radical (unpaired) electrons. The number of fused-ring (bicyclic) bond motifs is 2. The largest absolute Gasteiger partial charge is 0.461 e. The second-order valence-electron chi connectivity index (χ2n) is 11.9. The highest BCUT2D eigenvalue weighted by atomic mass is 16.5. The number of nitrogens with zero attached hydrogens (tertiary/aromatic N) is 1. The van der Waals surface area contributed by atoms with E-state index in [-0.39, 0.29) is 17.1 Å². The molecule has 3 nitrogen and oxygen atoms in total. The molecular formula is C37H37NO2. The van der Waals surface area contributed by atoms with Gasteiger partial charge in [-0.2, -0.15) is 0 Å². The lowest BCUT2D eigenvalue weighted by Crippen LogP contribution is -2.28. The normalized spacial score (nSPS) is 20.6. The maximum Gasteiger partial charge on any atom is 0.190 e. The number of aryl methyl sites for hydroxylation is 1. The first-order valence-corrected chi connectivity index (χ1v) is 14.4. The molecule has 0 spiro atoms. The fraction of sp³-hybridized carbons (Fsp3) is 0.270. The van der Waals surface area contributed by atoms with Gasteiger partial charge in [-0.15, -0.1) is 0 Å². The number of benzene rings is 3. The molecule has 2 aliphatic heterocycles. The van der Waals surface area contributed by atoms with Crippen LogP contribution in [0.15, 0.2) is 114 Å². The molecule has 3 heteroatoms. The van der Waals surface area contributed by atoms with Crippen LogP contribution in [0.4, 0.5) is 5.69 Å². The summed E-state index contributed by atoms with van der Waals surface area (Å²) in [5.74, 6) is 1.59. The summed E-state index contributed by atoms with van der Waals surface area (Å²) < 4.78 is 6.44. The Balaban J connectivity index is 1.44. The number of allylic oxidation sites excluding steroid dienone is 6. The van der Waals surface area contributed by atoms with Gasteiger partial charge in [0.25, 0.3) is 0 Å². The van der Waals surface area contributed by atoms with Crippen LogP contribution in [0.2, 0.25) is 0 Å². The Kier molecular flexibility index (Phi) is 6.83. The van der Waals surface area contributed by atoms with E-state index in [0.717, 1.165) is 64.4 Å². The number of carbonyl (C=O) groups is 1. The van der Waals surface area contributed by atoms with Gasteiger partial charge < -0.3 is 9.64 Å². The van der Waals surface area contributed by atoms with Gasteiger partial charge in [-0.25, -0.2) is 0 Å². The zero-order valence-electron chi connectivity index (χ0n) is 23.9. The monoisotopic (exact) mass is 527 g/mol. The number of hydrogen-bond donors (Lipinski definition) is 0. The summed E-state index contributed by atoms with van der Waals surface area (Å²) in [5, 5.41) is 0. The predicted molar refractivity (Wildman–Crippen MR) is 164 cm³/mol. The van der Waals surface area contributed by atoms with Gasteiger partial charge >= 0.3 is 0 Å². The highest BCUT2D eigenvalue weighted by Crippen LogP contribution is 2.45. The van der Waals surface area contributed by atoms with Gasteiger partial charge in [0.05, 0.1) is 0 Å². The van der Waals surface area contributed by atoms with Crippen molar-refractivity contribution in [3.8, 4) is 0 Å². The predicted octanol–water partition coefficient (Wildman–Crippen LogP) is 8.64. The number of Topliss-reactive ketones (excluding diaryl/α,β-unsaturated/α-hetero) is 1. The fourth-order valence-corrected chi connectivity index (χ4v) is 6.11. The van der Waals surface area contributed by atoms with Crippen molar-refractivity contribution in [2.45, 2.75) is 46.5 Å². The first-order chi connectivity index (χ1) is 19.3. The fourth-order valence-electron chi connectivity index (χ4n) is 6.11. The molecule has 1 atom stereocenters. The number of hydrogen-bond acceptors (Lipinski definition) is 3. The lowest BCUT2D eigenvalue weighted by molar-refractivity contribution is 0.103. The first-order valence-electron chi connectivity index (χ1n) is 14.4. The average Bonchev–Trinajstić information content (AvgIpc) is 3.27. The van der Waals surface area contributed by atoms with Gasteiger partial charge in [-0.05, 0) is 78.0 Å². The lowest BCUT2D eigenvalue weighted by atomic mass is 9.84. The number of carbonyl (C=O) groups excluding carboxylic acids is 1. The molecule has 1 unspecified atom stereocenters. The zero-order valence-corrected chi connectivity index (χ0v) is 23.9. The Morgan fingerprint density at radius 2 is 1.73 bits per heavy atom. The van der Waals surface area contributed by atoms with E-state index in [0.29, 0.717) is 0 Å². The van der Waals surface area contributed by atoms with Crippen molar-refractivity contribution in [3.63, 3.8) is 0 Å². The maximum absolute atomic E-state index is 13.9. The van der Waals surface area contributed by atoms with Crippen molar-refractivity contribution in [2.24, 2.45) is 5.41 Å². The van der Waals surface area contributed by atoms with Gasteiger partial charge in [0.2, 0.25) is 0 Å². The van der Waals surface area contributed by atoms with Gasteiger partial charge in [-0.3, -0.25) is 4.79 Å². The van der Waals surface area contributed by atoms with Crippen LogP contribution in [0.5, 0.6) is 0 Å². The van der Waals surface area contributed by atoms with E-state index in [2.05, 4.69) is 81.1 Å². The van der Waals surface area contributed by atoms with Crippen LogP contribution in [0, 0.1) is 5.41 Å². The summed E-state index contributed by atoms with van der Waals surface area (Å²) in [7, 11) is 0. The van der Waals surface area contributed by atoms with E-state index in [9.17, 15) is 4.79 Å². The van der Waals surface area contributed by atoms with E-state index >= 15 is 0 Å². The van der Waals surface area contributed by atoms with E-state index < -0.39 is 0 Å². The van der Waals surface area contributed by atoms with Crippen LogP contribution in [0.3, 0.4) is 0 Å². The smallest absolute Gasteiger partial charge is 0.190 e. The molecule has 1 aliphatic carbocycles. The standard InChI is InChI=1S/C37H37NO2/c1-5-38-21-11-14-27-22-25(18-20-32(27)38)17-19-29-23-28(24-33(40-29)37(2,3)4)35-34(26-12-7-6-8-13-26)30-15-9-10-16-31(30)36(35)39/h6-10,12-13,15-20,22-24,34H,5,11,14,21H2,1-4H3. The number of anilines is 1. The molecule has 40 heavy (non-hydrogen) atoms. The van der Waals surface area contributed by atoms with E-state index in [1.165, 1.54) is 17.7 Å². The average molecular weight is 528 g/mol. The summed E-state index contributed by atoms with van der Waals surface area (Å²) >= 11 is 0. The van der Waals surface area contributed by atoms with Crippen molar-refractivity contribution in [1.29, 1.82) is 0 Å². The second-order valence-corrected chi connectivity index (χ2v) is 11.9. The maximum atomic E-state index is 13.9. The highest BCUT2D eigenvalue weighted by molar-refractivity contribution is 6.16. The van der Waals surface area contributed by atoms with Crippen LogP contribution in [-0.2, 0) is 11.2 Å². The Bertz CT molecular complexity index is 1580. The van der Waals surface area contributed by atoms with Crippen molar-refractivity contribution in [3.05, 3.63) is 142 Å². The van der Waals surface area contributed by atoms with Crippen LogP contribution >= 0.6 is 0 Å². The number of ketones is 1. The number of ether oxygens (including phenoxy) is 1. The molecule has 202 valence electrons. The first kappa shape index (κ1) is 26.1. The third-order valence-corrected chi connectivity index (χ3v) is 8.19. The van der Waals surface area contributed by atoms with E-state index in [4.69, 9.17) is 4.74 Å². The molecule has 0 bridgehead atoms. The van der Waals surface area contributed by atoms with Crippen molar-refractivity contribution in [2.75, 3.05) is 18.0 Å².